The fraction of sp³-hybridized carbons (Fsp3) is 0.208. The third kappa shape index (κ3) is 5.33. The van der Waals surface area contributed by atoms with Crippen molar-refractivity contribution in [1.29, 1.82) is 0 Å². The van der Waals surface area contributed by atoms with Crippen molar-refractivity contribution in [2.45, 2.75) is 27.0 Å². The first-order chi connectivity index (χ1) is 13.7. The van der Waals surface area contributed by atoms with E-state index in [-0.39, 0.29) is 0 Å². The number of benzene rings is 3. The van der Waals surface area contributed by atoms with Gasteiger partial charge in [0.05, 0.1) is 6.61 Å². The molecule has 0 radical (unpaired) electrons. The minimum Gasteiger partial charge on any atom is -0.490 e. The van der Waals surface area contributed by atoms with E-state index in [1.54, 1.807) is 0 Å². The third-order valence-electron chi connectivity index (χ3n) is 4.44. The van der Waals surface area contributed by atoms with E-state index in [1.807, 2.05) is 67.6 Å². The molecule has 0 heterocycles. The Morgan fingerprint density at radius 3 is 2.39 bits per heavy atom. The number of aryl methyl sites for hydroxylation is 1. The van der Waals surface area contributed by atoms with Gasteiger partial charge in [0.2, 0.25) is 0 Å². The van der Waals surface area contributed by atoms with Crippen LogP contribution in [-0.4, -0.2) is 11.6 Å². The molecule has 3 rings (SSSR count). The van der Waals surface area contributed by atoms with Gasteiger partial charge in [0.15, 0.2) is 11.5 Å². The molecule has 28 heavy (non-hydrogen) atoms. The largest absolute Gasteiger partial charge is 0.490 e. The van der Waals surface area contributed by atoms with Crippen LogP contribution in [0.4, 0.5) is 0 Å². The second-order valence-electron chi connectivity index (χ2n) is 6.48. The molecule has 3 aromatic rings. The molecule has 0 unspecified atom stereocenters. The van der Waals surface area contributed by atoms with Crippen LogP contribution < -0.4 is 14.8 Å². The van der Waals surface area contributed by atoms with E-state index >= 15 is 0 Å². The zero-order chi connectivity index (χ0) is 19.8. The molecule has 1 N–H and O–H groups in total. The Bertz CT molecular complexity index is 925. The first-order valence-corrected chi connectivity index (χ1v) is 9.84. The summed E-state index contributed by atoms with van der Waals surface area (Å²) in [4.78, 5) is 0.693. The Kier molecular flexibility index (Phi) is 7.04. The van der Waals surface area contributed by atoms with E-state index in [1.165, 1.54) is 11.1 Å². The lowest BCUT2D eigenvalue weighted by molar-refractivity contribution is 0.269. The van der Waals surface area contributed by atoms with Crippen LogP contribution in [0.15, 0.2) is 72.8 Å². The van der Waals surface area contributed by atoms with Crippen molar-refractivity contribution in [3.8, 4) is 11.5 Å². The highest BCUT2D eigenvalue weighted by Crippen LogP contribution is 2.29. The van der Waals surface area contributed by atoms with Crippen LogP contribution in [0.1, 0.15) is 29.2 Å². The molecule has 0 aliphatic heterocycles. The first kappa shape index (κ1) is 19.9. The van der Waals surface area contributed by atoms with E-state index in [0.717, 1.165) is 16.9 Å². The SMILES string of the molecule is CCOc1cc(C(=S)NCc2ccccc2C)ccc1OCc1ccccc1. The van der Waals surface area contributed by atoms with Crippen molar-refractivity contribution in [2.75, 3.05) is 6.61 Å². The molecule has 3 nitrogen and oxygen atoms in total. The predicted molar refractivity (Wildman–Crippen MR) is 118 cm³/mol. The van der Waals surface area contributed by atoms with Gasteiger partial charge in [-0.05, 0) is 48.7 Å². The first-order valence-electron chi connectivity index (χ1n) is 9.43. The van der Waals surface area contributed by atoms with Gasteiger partial charge < -0.3 is 14.8 Å². The second kappa shape index (κ2) is 9.90. The number of rotatable bonds is 8. The van der Waals surface area contributed by atoms with Crippen LogP contribution in [0.2, 0.25) is 0 Å². The molecule has 144 valence electrons. The zero-order valence-electron chi connectivity index (χ0n) is 16.3. The second-order valence-corrected chi connectivity index (χ2v) is 6.89. The summed E-state index contributed by atoms with van der Waals surface area (Å²) in [6, 6.07) is 24.2. The summed E-state index contributed by atoms with van der Waals surface area (Å²) >= 11 is 5.58. The smallest absolute Gasteiger partial charge is 0.161 e. The van der Waals surface area contributed by atoms with Crippen molar-refractivity contribution in [3.05, 3.63) is 95.1 Å². The van der Waals surface area contributed by atoms with E-state index in [9.17, 15) is 0 Å². The monoisotopic (exact) mass is 391 g/mol. The normalized spacial score (nSPS) is 10.4. The maximum Gasteiger partial charge on any atom is 0.161 e. The zero-order valence-corrected chi connectivity index (χ0v) is 17.1. The lowest BCUT2D eigenvalue weighted by atomic mass is 10.1. The standard InChI is InChI=1S/C24H25NO2S/c1-3-26-23-15-20(24(28)25-16-21-12-8-7-9-18(21)2)13-14-22(23)27-17-19-10-5-4-6-11-19/h4-15H,3,16-17H2,1-2H3,(H,25,28). The van der Waals surface area contributed by atoms with Gasteiger partial charge >= 0.3 is 0 Å². The maximum atomic E-state index is 5.97. The minimum atomic E-state index is 0.496. The summed E-state index contributed by atoms with van der Waals surface area (Å²) < 4.78 is 11.8. The molecule has 0 atom stereocenters. The molecule has 0 amide bonds. The molecule has 0 aromatic heterocycles. The molecule has 0 aliphatic carbocycles. The van der Waals surface area contributed by atoms with Crippen molar-refractivity contribution in [1.82, 2.24) is 5.32 Å². The predicted octanol–water partition coefficient (Wildman–Crippen LogP) is 5.44. The van der Waals surface area contributed by atoms with Crippen LogP contribution in [0.5, 0.6) is 11.5 Å². The molecular weight excluding hydrogens is 366 g/mol. The van der Waals surface area contributed by atoms with E-state index in [2.05, 4.69) is 24.4 Å². The molecule has 0 saturated carbocycles. The number of hydrogen-bond acceptors (Lipinski definition) is 3. The molecular formula is C24H25NO2S. The summed E-state index contributed by atoms with van der Waals surface area (Å²) in [7, 11) is 0. The molecule has 0 saturated heterocycles. The number of hydrogen-bond donors (Lipinski definition) is 1. The Balaban J connectivity index is 1.68. The van der Waals surface area contributed by atoms with E-state index in [4.69, 9.17) is 21.7 Å². The van der Waals surface area contributed by atoms with Gasteiger partial charge in [-0.1, -0.05) is 66.8 Å². The van der Waals surface area contributed by atoms with E-state index in [0.29, 0.717) is 30.5 Å². The fourth-order valence-electron chi connectivity index (χ4n) is 2.86. The Morgan fingerprint density at radius 2 is 1.64 bits per heavy atom. The molecule has 0 spiro atoms. The lowest BCUT2D eigenvalue weighted by Gasteiger charge is -2.15. The van der Waals surface area contributed by atoms with E-state index < -0.39 is 0 Å². The van der Waals surface area contributed by atoms with Gasteiger partial charge in [0.25, 0.3) is 0 Å². The Morgan fingerprint density at radius 1 is 0.893 bits per heavy atom. The highest BCUT2D eigenvalue weighted by Gasteiger charge is 2.10. The van der Waals surface area contributed by atoms with Crippen LogP contribution in [0.25, 0.3) is 0 Å². The third-order valence-corrected chi connectivity index (χ3v) is 4.82. The molecule has 3 aromatic carbocycles. The van der Waals surface area contributed by atoms with Gasteiger partial charge in [-0.3, -0.25) is 0 Å². The fourth-order valence-corrected chi connectivity index (χ4v) is 3.06. The number of nitrogens with one attached hydrogen (secondary N) is 1. The van der Waals surface area contributed by atoms with Gasteiger partial charge in [-0.2, -0.15) is 0 Å². The minimum absolute atomic E-state index is 0.496. The highest BCUT2D eigenvalue weighted by molar-refractivity contribution is 7.80. The summed E-state index contributed by atoms with van der Waals surface area (Å²) in [5.41, 5.74) is 4.51. The summed E-state index contributed by atoms with van der Waals surface area (Å²) in [5, 5.41) is 3.34. The van der Waals surface area contributed by atoms with Crippen LogP contribution in [0, 0.1) is 6.92 Å². The van der Waals surface area contributed by atoms with Gasteiger partial charge in [0.1, 0.15) is 11.6 Å². The highest BCUT2D eigenvalue weighted by atomic mass is 32.1. The van der Waals surface area contributed by atoms with Gasteiger partial charge in [-0.15, -0.1) is 0 Å². The van der Waals surface area contributed by atoms with Crippen LogP contribution >= 0.6 is 12.2 Å². The quantitative estimate of drug-likeness (QED) is 0.518. The molecule has 0 bridgehead atoms. The topological polar surface area (TPSA) is 30.5 Å². The average Bonchev–Trinajstić information content (AvgIpc) is 2.73. The lowest BCUT2D eigenvalue weighted by Crippen LogP contribution is -2.22. The molecule has 4 heteroatoms. The Labute approximate surface area is 172 Å². The van der Waals surface area contributed by atoms with Crippen LogP contribution in [-0.2, 0) is 13.2 Å². The van der Waals surface area contributed by atoms with Crippen molar-refractivity contribution < 1.29 is 9.47 Å². The maximum absolute atomic E-state index is 5.97. The number of ether oxygens (including phenoxy) is 2. The van der Waals surface area contributed by atoms with Crippen molar-refractivity contribution in [2.24, 2.45) is 0 Å². The summed E-state index contributed by atoms with van der Waals surface area (Å²) in [6.45, 7) is 5.82. The van der Waals surface area contributed by atoms with Gasteiger partial charge in [-0.25, -0.2) is 0 Å². The van der Waals surface area contributed by atoms with Gasteiger partial charge in [0, 0.05) is 12.1 Å². The summed E-state index contributed by atoms with van der Waals surface area (Å²) in [6.07, 6.45) is 0. The molecule has 0 fully saturated rings. The number of thiocarbonyl (C=S) groups is 1. The Hall–Kier alpha value is -2.85. The van der Waals surface area contributed by atoms with Crippen LogP contribution in [0.3, 0.4) is 0 Å². The van der Waals surface area contributed by atoms with Crippen molar-refractivity contribution >= 4 is 17.2 Å². The molecule has 0 aliphatic rings. The van der Waals surface area contributed by atoms with Crippen molar-refractivity contribution in [3.63, 3.8) is 0 Å². The summed E-state index contributed by atoms with van der Waals surface area (Å²) in [5.74, 6) is 1.42. The average molecular weight is 392 g/mol.